The van der Waals surface area contributed by atoms with E-state index < -0.39 is 9.84 Å². The van der Waals surface area contributed by atoms with Gasteiger partial charge in [0.1, 0.15) is 23.0 Å². The molecule has 8 rings (SSSR count). The summed E-state index contributed by atoms with van der Waals surface area (Å²) in [4.78, 5) is 27.7. The van der Waals surface area contributed by atoms with E-state index in [1.165, 1.54) is 53.6 Å². The molecule has 0 N–H and O–H groups in total. The molecule has 0 amide bonds. The molecule has 0 fully saturated rings. The molecule has 0 unspecified atom stereocenters. The average Bonchev–Trinajstić information content (AvgIpc) is 3.87. The van der Waals surface area contributed by atoms with Crippen LogP contribution < -0.4 is 51.4 Å². The molecule has 0 spiro atoms. The number of halogens is 2. The summed E-state index contributed by atoms with van der Waals surface area (Å²) in [6.07, 6.45) is 9.95. The van der Waals surface area contributed by atoms with Crippen LogP contribution in [0.4, 0.5) is 8.78 Å². The number of benzene rings is 2. The van der Waals surface area contributed by atoms with Crippen molar-refractivity contribution in [1.29, 1.82) is 0 Å². The first-order valence-electron chi connectivity index (χ1n) is 14.0. The van der Waals surface area contributed by atoms with Gasteiger partial charge in [-0.15, -0.1) is 22.7 Å². The second-order valence-electron chi connectivity index (χ2n) is 10.2. The van der Waals surface area contributed by atoms with Crippen LogP contribution in [0.3, 0.4) is 0 Å². The van der Waals surface area contributed by atoms with Crippen molar-refractivity contribution in [2.75, 3.05) is 12.5 Å². The van der Waals surface area contributed by atoms with Crippen LogP contribution >= 0.6 is 34.4 Å². The molecule has 17 heteroatoms. The van der Waals surface area contributed by atoms with Crippen LogP contribution in [0.25, 0.3) is 55.2 Å². The van der Waals surface area contributed by atoms with Crippen molar-refractivity contribution in [3.05, 3.63) is 108 Å². The molecule has 242 valence electrons. The number of sulfone groups is 1. The number of thiazole rings is 2. The quantitative estimate of drug-likeness (QED) is 0.137. The van der Waals surface area contributed by atoms with E-state index in [9.17, 15) is 17.2 Å². The van der Waals surface area contributed by atoms with Gasteiger partial charge in [-0.3, -0.25) is 8.80 Å². The van der Waals surface area contributed by atoms with E-state index in [1.54, 1.807) is 47.9 Å². The van der Waals surface area contributed by atoms with E-state index in [-0.39, 0.29) is 69.6 Å². The molecular formula is C32H23F2KN8O2S4. The minimum Gasteiger partial charge on any atom is -1.00 e. The summed E-state index contributed by atoms with van der Waals surface area (Å²) >= 11 is 4.49. The molecule has 6 heterocycles. The molecular weight excluding hydrogens is 734 g/mol. The number of imidazole rings is 2. The topological polar surface area (TPSA) is 120 Å². The number of nitrogens with zero attached hydrogens (tertiary/aromatic N) is 8. The van der Waals surface area contributed by atoms with Gasteiger partial charge < -0.3 is 1.43 Å². The first kappa shape index (κ1) is 35.6. The van der Waals surface area contributed by atoms with Crippen molar-refractivity contribution < 1.29 is 70.0 Å². The summed E-state index contributed by atoms with van der Waals surface area (Å²) in [5, 5.41) is 4.31. The third-order valence-electron chi connectivity index (χ3n) is 7.03. The van der Waals surface area contributed by atoms with Gasteiger partial charge in [0.25, 0.3) is 0 Å². The van der Waals surface area contributed by atoms with Crippen molar-refractivity contribution in [2.45, 2.75) is 10.3 Å². The van der Waals surface area contributed by atoms with Crippen LogP contribution in [0.2, 0.25) is 0 Å². The molecule has 0 aliphatic heterocycles. The smallest absolute Gasteiger partial charge is 1.00 e. The Morgan fingerprint density at radius 2 is 1.16 bits per heavy atom. The summed E-state index contributed by atoms with van der Waals surface area (Å²) in [5.74, 6) is -0.601. The monoisotopic (exact) mass is 756 g/mol. The average molecular weight is 757 g/mol. The fourth-order valence-electron chi connectivity index (χ4n) is 4.90. The number of rotatable bonds is 6. The van der Waals surface area contributed by atoms with Crippen LogP contribution in [0.5, 0.6) is 0 Å². The summed E-state index contributed by atoms with van der Waals surface area (Å²) < 4.78 is 53.9. The van der Waals surface area contributed by atoms with Gasteiger partial charge in [0.2, 0.25) is 15.0 Å². The first-order chi connectivity index (χ1) is 23.2. The molecule has 6 aromatic heterocycles. The minimum atomic E-state index is -3.54. The van der Waals surface area contributed by atoms with Crippen LogP contribution in [-0.4, -0.2) is 59.6 Å². The molecule has 0 saturated heterocycles. The maximum absolute atomic E-state index is 13.2. The Kier molecular flexibility index (Phi) is 10.8. The zero-order chi connectivity index (χ0) is 33.4. The number of aromatic nitrogens is 8. The van der Waals surface area contributed by atoms with Crippen molar-refractivity contribution in [2.24, 2.45) is 0 Å². The molecule has 0 aliphatic carbocycles. The molecule has 49 heavy (non-hydrogen) atoms. The first-order valence-corrected chi connectivity index (χ1v) is 18.9. The molecule has 0 radical (unpaired) electrons. The predicted molar refractivity (Wildman–Crippen MR) is 185 cm³/mol. The predicted octanol–water partition coefficient (Wildman–Crippen LogP) is 4.56. The van der Waals surface area contributed by atoms with Gasteiger partial charge in [0.15, 0.2) is 15.1 Å². The van der Waals surface area contributed by atoms with Crippen LogP contribution in [0.15, 0.2) is 107 Å². The third kappa shape index (κ3) is 7.45. The Hall–Kier alpha value is -3.26. The third-order valence-corrected chi connectivity index (χ3v) is 9.96. The molecule has 2 aromatic carbocycles. The van der Waals surface area contributed by atoms with Crippen LogP contribution in [0.1, 0.15) is 1.43 Å². The van der Waals surface area contributed by atoms with Crippen molar-refractivity contribution in [3.8, 4) is 45.3 Å². The van der Waals surface area contributed by atoms with Gasteiger partial charge in [-0.2, -0.15) is 0 Å². The number of hydrogen-bond acceptors (Lipinski definition) is 11. The fraction of sp³-hybridized carbons (Fsp3) is 0.0625. The van der Waals surface area contributed by atoms with E-state index in [2.05, 4.69) is 24.9 Å². The van der Waals surface area contributed by atoms with E-state index in [0.29, 0.717) is 27.8 Å². The maximum Gasteiger partial charge on any atom is 1.00 e. The summed E-state index contributed by atoms with van der Waals surface area (Å²) in [7, 11) is -3.54. The van der Waals surface area contributed by atoms with Gasteiger partial charge >= 0.3 is 51.4 Å². The standard InChI is InChI=1S/C16H11FN4O2S2.C16H11FN4S2.K.H/c1-25(22,23)15-18-7-6-12(19-15)14-13(10-2-4-11(17)5-3-10)20-16-21(14)8-9-24-16;1-22-15-18-7-6-12(19-15)14-13(10-2-4-11(17)5-3-10)20-16-21(14)8-9-23-16;;/h2-9H,1H3;2-9H,1H3;;/q;;+1;-1. The second-order valence-corrected chi connectivity index (χ2v) is 14.6. The Labute approximate surface area is 335 Å². The zero-order valence-corrected chi connectivity index (χ0v) is 32.4. The van der Waals surface area contributed by atoms with Crippen molar-refractivity contribution in [3.63, 3.8) is 0 Å². The SMILES string of the molecule is CS(=O)(=O)c1nccc(-c2c(-c3ccc(F)cc3)nc3sccn23)n1.CSc1nccc(-c2c(-c3ccc(F)cc3)nc3sccn23)n1.[H-].[K+]. The van der Waals surface area contributed by atoms with Crippen LogP contribution in [-0.2, 0) is 9.84 Å². The molecule has 10 nitrogen and oxygen atoms in total. The Bertz CT molecular complexity index is 2520. The van der Waals surface area contributed by atoms with E-state index >= 15 is 0 Å². The summed E-state index contributed by atoms with van der Waals surface area (Å²) in [6.45, 7) is 0. The minimum absolute atomic E-state index is 0. The maximum atomic E-state index is 13.2. The van der Waals surface area contributed by atoms with Crippen molar-refractivity contribution >= 4 is 54.2 Å². The Morgan fingerprint density at radius 1 is 0.694 bits per heavy atom. The van der Waals surface area contributed by atoms with Gasteiger partial charge in [0.05, 0.1) is 22.8 Å². The normalized spacial score (nSPS) is 11.3. The molecule has 0 aliphatic rings. The van der Waals surface area contributed by atoms with Crippen LogP contribution in [0, 0.1) is 11.6 Å². The molecule has 0 atom stereocenters. The Balaban J connectivity index is 0.000000187. The zero-order valence-electron chi connectivity index (χ0n) is 27.0. The number of hydrogen-bond donors (Lipinski definition) is 0. The van der Waals surface area contributed by atoms with E-state index in [4.69, 9.17) is 4.98 Å². The van der Waals surface area contributed by atoms with Gasteiger partial charge in [-0.05, 0) is 66.9 Å². The van der Waals surface area contributed by atoms with E-state index in [1.807, 2.05) is 44.3 Å². The second kappa shape index (κ2) is 14.9. The summed E-state index contributed by atoms with van der Waals surface area (Å²) in [5.41, 5.74) is 5.73. The fourth-order valence-corrected chi connectivity index (χ4v) is 7.20. The number of fused-ring (bicyclic) bond motifs is 2. The van der Waals surface area contributed by atoms with Gasteiger partial charge in [-0.1, -0.05) is 11.8 Å². The summed E-state index contributed by atoms with van der Waals surface area (Å²) in [6, 6.07) is 15.8. The molecule has 0 saturated carbocycles. The van der Waals surface area contributed by atoms with Gasteiger partial charge in [-0.25, -0.2) is 47.1 Å². The van der Waals surface area contributed by atoms with Crippen molar-refractivity contribution in [1.82, 2.24) is 38.7 Å². The Morgan fingerprint density at radius 3 is 1.63 bits per heavy atom. The van der Waals surface area contributed by atoms with Gasteiger partial charge in [0, 0.05) is 52.9 Å². The number of thioether (sulfide) groups is 1. The largest absolute Gasteiger partial charge is 1.00 e. The van der Waals surface area contributed by atoms with E-state index in [0.717, 1.165) is 38.8 Å². The molecule has 8 aromatic rings. The molecule has 0 bridgehead atoms.